The number of benzene rings is 1. The number of fused-ring (bicyclic) bond motifs is 2. The molecule has 0 saturated heterocycles. The Morgan fingerprint density at radius 1 is 1.21 bits per heavy atom. The van der Waals surface area contributed by atoms with Crippen LogP contribution in [0.15, 0.2) is 30.7 Å². The van der Waals surface area contributed by atoms with Gasteiger partial charge in [-0.2, -0.15) is 0 Å². The van der Waals surface area contributed by atoms with Crippen LogP contribution in [0.2, 0.25) is 0 Å². The van der Waals surface area contributed by atoms with Crippen molar-refractivity contribution in [3.8, 4) is 5.75 Å². The first kappa shape index (κ1) is 17.4. The van der Waals surface area contributed by atoms with Crippen molar-refractivity contribution in [3.63, 3.8) is 0 Å². The van der Waals surface area contributed by atoms with Crippen LogP contribution in [0.5, 0.6) is 5.75 Å². The molecular weight excluding hydrogens is 365 g/mol. The fourth-order valence-electron chi connectivity index (χ4n) is 4.25. The number of anilines is 1. The smallest absolute Gasteiger partial charge is 0.154 e. The number of nitrogens with zero attached hydrogens (tertiary/aromatic N) is 3. The fraction of sp³-hybridized carbons (Fsp3) is 0.368. The Hall–Kier alpha value is -2.75. The van der Waals surface area contributed by atoms with Gasteiger partial charge in [-0.15, -0.1) is 0 Å². The normalized spacial score (nSPS) is 26.7. The summed E-state index contributed by atoms with van der Waals surface area (Å²) in [5, 5.41) is 24.6. The zero-order valence-electron chi connectivity index (χ0n) is 14.9. The number of aromatic nitrogens is 3. The summed E-state index contributed by atoms with van der Waals surface area (Å²) in [4.78, 5) is 7.93. The molecule has 1 aliphatic heterocycles. The molecule has 28 heavy (non-hydrogen) atoms. The number of hydrogen-bond donors (Lipinski definition) is 4. The van der Waals surface area contributed by atoms with Crippen molar-refractivity contribution in [1.29, 1.82) is 0 Å². The molecule has 0 radical (unpaired) electrons. The molecule has 9 heteroatoms. The standard InChI is InChI=1S/C19H20FN5O3/c20-11-7-25(19-15(11)18(21)23-8-24-19)12-4-14(17(27)16(12)26)28-13-3-1-2-9-5-22-6-10(9)13/h1-3,7-8,12,14,16-17,22,26-27H,4-6H2,(H2,21,23,24)/t12-,14+,16+,17-/m1/s1. The average molecular weight is 385 g/mol. The molecule has 3 aromatic rings. The van der Waals surface area contributed by atoms with Crippen molar-refractivity contribution < 1.29 is 19.3 Å². The largest absolute Gasteiger partial charge is 0.487 e. The molecule has 146 valence electrons. The molecule has 1 aliphatic carbocycles. The van der Waals surface area contributed by atoms with Gasteiger partial charge >= 0.3 is 0 Å². The number of nitrogen functional groups attached to an aromatic ring is 1. The maximum atomic E-state index is 14.4. The van der Waals surface area contributed by atoms with Gasteiger partial charge in [0.15, 0.2) is 5.82 Å². The third-order valence-electron chi connectivity index (χ3n) is 5.67. The van der Waals surface area contributed by atoms with E-state index in [1.807, 2.05) is 18.2 Å². The Morgan fingerprint density at radius 2 is 2.07 bits per heavy atom. The molecule has 4 atom stereocenters. The highest BCUT2D eigenvalue weighted by molar-refractivity contribution is 5.86. The molecule has 0 bridgehead atoms. The first-order valence-corrected chi connectivity index (χ1v) is 9.15. The van der Waals surface area contributed by atoms with E-state index in [0.717, 1.165) is 17.7 Å². The van der Waals surface area contributed by atoms with Gasteiger partial charge in [-0.1, -0.05) is 12.1 Å². The number of hydrogen-bond acceptors (Lipinski definition) is 7. The van der Waals surface area contributed by atoms with E-state index in [-0.39, 0.29) is 16.9 Å². The van der Waals surface area contributed by atoms with Crippen molar-refractivity contribution >= 4 is 16.9 Å². The van der Waals surface area contributed by atoms with E-state index >= 15 is 0 Å². The van der Waals surface area contributed by atoms with E-state index < -0.39 is 30.2 Å². The van der Waals surface area contributed by atoms with Crippen molar-refractivity contribution in [2.24, 2.45) is 0 Å². The Bertz CT molecular complexity index is 1060. The summed E-state index contributed by atoms with van der Waals surface area (Å²) in [5.74, 6) is 0.162. The molecule has 0 amide bonds. The van der Waals surface area contributed by atoms with Crippen LogP contribution in [0.1, 0.15) is 23.6 Å². The summed E-state index contributed by atoms with van der Waals surface area (Å²) in [6.07, 6.45) is -0.0950. The lowest BCUT2D eigenvalue weighted by Crippen LogP contribution is -2.34. The first-order valence-electron chi connectivity index (χ1n) is 9.15. The van der Waals surface area contributed by atoms with Crippen LogP contribution in [0, 0.1) is 5.82 Å². The van der Waals surface area contributed by atoms with E-state index in [4.69, 9.17) is 10.5 Å². The Kier molecular flexibility index (Phi) is 3.97. The van der Waals surface area contributed by atoms with Crippen LogP contribution in [0.4, 0.5) is 10.2 Å². The minimum absolute atomic E-state index is 0.0365. The molecule has 3 heterocycles. The second kappa shape index (κ2) is 6.40. The highest BCUT2D eigenvalue weighted by Gasteiger charge is 2.45. The molecule has 1 saturated carbocycles. The van der Waals surface area contributed by atoms with Crippen LogP contribution in [-0.2, 0) is 13.1 Å². The number of nitrogens with two attached hydrogens (primary N) is 1. The van der Waals surface area contributed by atoms with E-state index in [0.29, 0.717) is 18.7 Å². The molecule has 2 aromatic heterocycles. The van der Waals surface area contributed by atoms with E-state index in [2.05, 4.69) is 15.3 Å². The SMILES string of the molecule is Nc1ncnc2c1c(F)cn2[C@@H]1C[C@H](Oc2cccc3c2CNC3)[C@@H](O)[C@H]1O. The van der Waals surface area contributed by atoms with Gasteiger partial charge in [-0.25, -0.2) is 14.4 Å². The Labute approximate surface area is 159 Å². The summed E-state index contributed by atoms with van der Waals surface area (Å²) in [6, 6.07) is 5.20. The quantitative estimate of drug-likeness (QED) is 0.528. The van der Waals surface area contributed by atoms with Gasteiger partial charge in [0.2, 0.25) is 0 Å². The predicted octanol–water partition coefficient (Wildman–Crippen LogP) is 0.870. The lowest BCUT2D eigenvalue weighted by Gasteiger charge is -2.20. The molecule has 8 nitrogen and oxygen atoms in total. The molecule has 5 N–H and O–H groups in total. The zero-order valence-corrected chi connectivity index (χ0v) is 14.9. The molecule has 0 unspecified atom stereocenters. The fourth-order valence-corrected chi connectivity index (χ4v) is 4.25. The second-order valence-corrected chi connectivity index (χ2v) is 7.28. The van der Waals surface area contributed by atoms with E-state index in [1.54, 1.807) is 0 Å². The van der Waals surface area contributed by atoms with Crippen LogP contribution in [0.3, 0.4) is 0 Å². The summed E-state index contributed by atoms with van der Waals surface area (Å²) in [5.41, 5.74) is 8.27. The molecule has 5 rings (SSSR count). The minimum Gasteiger partial charge on any atom is -0.487 e. The third kappa shape index (κ3) is 2.55. The molecule has 1 aromatic carbocycles. The van der Waals surface area contributed by atoms with Gasteiger partial charge in [-0.3, -0.25) is 0 Å². The molecule has 2 aliphatic rings. The highest BCUT2D eigenvalue weighted by atomic mass is 19.1. The topological polar surface area (TPSA) is 118 Å². The van der Waals surface area contributed by atoms with Crippen LogP contribution >= 0.6 is 0 Å². The van der Waals surface area contributed by atoms with Crippen LogP contribution < -0.4 is 15.8 Å². The second-order valence-electron chi connectivity index (χ2n) is 7.28. The molecular formula is C19H20FN5O3. The maximum absolute atomic E-state index is 14.4. The Morgan fingerprint density at radius 3 is 2.93 bits per heavy atom. The molecule has 0 spiro atoms. The van der Waals surface area contributed by atoms with Gasteiger partial charge in [0.25, 0.3) is 0 Å². The molecule has 1 fully saturated rings. The van der Waals surface area contributed by atoms with Crippen molar-refractivity contribution in [2.45, 2.75) is 43.9 Å². The highest BCUT2D eigenvalue weighted by Crippen LogP contribution is 2.38. The predicted molar refractivity (Wildman–Crippen MR) is 99.0 cm³/mol. The van der Waals surface area contributed by atoms with Gasteiger partial charge in [0.1, 0.15) is 41.9 Å². The number of aliphatic hydroxyl groups is 2. The zero-order chi connectivity index (χ0) is 19.4. The lowest BCUT2D eigenvalue weighted by molar-refractivity contribution is -0.0166. The summed E-state index contributed by atoms with van der Waals surface area (Å²) in [6.45, 7) is 1.48. The first-order chi connectivity index (χ1) is 13.5. The average Bonchev–Trinajstić information content (AvgIpc) is 3.36. The summed E-state index contributed by atoms with van der Waals surface area (Å²) >= 11 is 0. The van der Waals surface area contributed by atoms with Crippen molar-refractivity contribution in [3.05, 3.63) is 47.7 Å². The van der Waals surface area contributed by atoms with Gasteiger partial charge < -0.3 is 30.6 Å². The van der Waals surface area contributed by atoms with Gasteiger partial charge in [0, 0.05) is 31.3 Å². The minimum atomic E-state index is -1.13. The Balaban J connectivity index is 1.47. The lowest BCUT2D eigenvalue weighted by atomic mass is 10.1. The van der Waals surface area contributed by atoms with Gasteiger partial charge in [0.05, 0.1) is 11.4 Å². The number of halogens is 1. The number of ether oxygens (including phenoxy) is 1. The number of aliphatic hydroxyl groups excluding tert-OH is 2. The third-order valence-corrected chi connectivity index (χ3v) is 5.67. The summed E-state index contributed by atoms with van der Waals surface area (Å²) < 4.78 is 22.0. The number of nitrogens with one attached hydrogen (secondary N) is 1. The van der Waals surface area contributed by atoms with Crippen molar-refractivity contribution in [1.82, 2.24) is 19.9 Å². The number of rotatable bonds is 3. The van der Waals surface area contributed by atoms with E-state index in [1.165, 1.54) is 17.1 Å². The monoisotopic (exact) mass is 385 g/mol. The summed E-state index contributed by atoms with van der Waals surface area (Å²) in [7, 11) is 0. The van der Waals surface area contributed by atoms with Crippen molar-refractivity contribution in [2.75, 3.05) is 5.73 Å². The van der Waals surface area contributed by atoms with Crippen LogP contribution in [0.25, 0.3) is 11.0 Å². The van der Waals surface area contributed by atoms with E-state index in [9.17, 15) is 14.6 Å². The maximum Gasteiger partial charge on any atom is 0.154 e. The van der Waals surface area contributed by atoms with Crippen LogP contribution in [-0.4, -0.2) is 43.1 Å². The van der Waals surface area contributed by atoms with Gasteiger partial charge in [-0.05, 0) is 11.6 Å².